The van der Waals surface area contributed by atoms with E-state index in [2.05, 4.69) is 49.7 Å². The van der Waals surface area contributed by atoms with E-state index in [1.54, 1.807) is 0 Å². The quantitative estimate of drug-likeness (QED) is 0.644. The highest BCUT2D eigenvalue weighted by molar-refractivity contribution is 5.78. The summed E-state index contributed by atoms with van der Waals surface area (Å²) in [5, 5.41) is 3.19. The second-order valence-corrected chi connectivity index (χ2v) is 10.8. The zero-order chi connectivity index (χ0) is 20.0. The predicted octanol–water partition coefficient (Wildman–Crippen LogP) is 1.14. The summed E-state index contributed by atoms with van der Waals surface area (Å²) in [5.74, 6) is -0.0220. The van der Waals surface area contributed by atoms with E-state index in [4.69, 9.17) is 11.5 Å². The number of hydrogen-bond acceptors (Lipinski definition) is 5. The summed E-state index contributed by atoms with van der Waals surface area (Å²) in [4.78, 5) is 17.1. The van der Waals surface area contributed by atoms with E-state index < -0.39 is 0 Å². The molecule has 6 heteroatoms. The first-order valence-corrected chi connectivity index (χ1v) is 10.7. The van der Waals surface area contributed by atoms with Gasteiger partial charge in [-0.05, 0) is 58.4 Å². The molecule has 3 aliphatic rings. The number of piperidine rings is 1. The highest BCUT2D eigenvalue weighted by atomic mass is 16.1. The summed E-state index contributed by atoms with van der Waals surface area (Å²) < 4.78 is 0. The first-order chi connectivity index (χ1) is 12.5. The molecule has 2 heterocycles. The van der Waals surface area contributed by atoms with Gasteiger partial charge in [0.25, 0.3) is 0 Å². The smallest absolute Gasteiger partial charge is 0.234 e. The normalized spacial score (nSPS) is 31.8. The van der Waals surface area contributed by atoms with Gasteiger partial charge >= 0.3 is 0 Å². The van der Waals surface area contributed by atoms with E-state index >= 15 is 0 Å². The Bertz CT molecular complexity index is 557. The summed E-state index contributed by atoms with van der Waals surface area (Å²) in [6.45, 7) is 16.0. The molecule has 2 aliphatic heterocycles. The topological polar surface area (TPSA) is 87.6 Å². The lowest BCUT2D eigenvalue weighted by molar-refractivity contribution is -0.120. The van der Waals surface area contributed by atoms with Crippen LogP contribution in [0.1, 0.15) is 60.3 Å². The van der Waals surface area contributed by atoms with Gasteiger partial charge in [-0.3, -0.25) is 14.6 Å². The van der Waals surface area contributed by atoms with Gasteiger partial charge in [0.05, 0.1) is 6.54 Å². The number of rotatable bonds is 6. The molecule has 1 amide bonds. The van der Waals surface area contributed by atoms with E-state index in [0.717, 1.165) is 39.0 Å². The van der Waals surface area contributed by atoms with E-state index in [-0.39, 0.29) is 29.4 Å². The van der Waals surface area contributed by atoms with Gasteiger partial charge in [-0.1, -0.05) is 13.8 Å². The van der Waals surface area contributed by atoms with Gasteiger partial charge in [-0.15, -0.1) is 0 Å². The lowest BCUT2D eigenvalue weighted by Crippen LogP contribution is -2.56. The number of nitrogens with two attached hydrogens (primary N) is 2. The minimum Gasteiger partial charge on any atom is -0.350 e. The summed E-state index contributed by atoms with van der Waals surface area (Å²) in [5.41, 5.74) is 12.4. The standard InChI is InChI=1S/C21H41N5O/c1-15(25-9-6-16(23)19(2,3)13-25)10-20(4,5)26-12-17(24-18(27)11-22)21(14-26)7-8-21/h15-17H,6-14,22-23H2,1-5H3,(H,24,27)/t15?,16?,17-/m0/s1. The van der Waals surface area contributed by atoms with Gasteiger partial charge in [-0.25, -0.2) is 0 Å². The van der Waals surface area contributed by atoms with Gasteiger partial charge in [0.2, 0.25) is 5.91 Å². The van der Waals surface area contributed by atoms with E-state index in [1.165, 1.54) is 12.8 Å². The van der Waals surface area contributed by atoms with Crippen LogP contribution < -0.4 is 16.8 Å². The van der Waals surface area contributed by atoms with Crippen molar-refractivity contribution in [3.8, 4) is 0 Å². The summed E-state index contributed by atoms with van der Waals surface area (Å²) in [6, 6.07) is 1.09. The fourth-order valence-electron chi connectivity index (χ4n) is 5.32. The van der Waals surface area contributed by atoms with Crippen LogP contribution in [0.3, 0.4) is 0 Å². The maximum Gasteiger partial charge on any atom is 0.234 e. The van der Waals surface area contributed by atoms with Crippen molar-refractivity contribution in [1.29, 1.82) is 0 Å². The second-order valence-electron chi connectivity index (χ2n) is 10.8. The average molecular weight is 380 g/mol. The van der Waals surface area contributed by atoms with Crippen molar-refractivity contribution < 1.29 is 4.79 Å². The molecule has 1 saturated carbocycles. The third kappa shape index (κ3) is 4.34. The Hall–Kier alpha value is -0.690. The number of carbonyl (C=O) groups excluding carboxylic acids is 1. The number of amides is 1. The summed E-state index contributed by atoms with van der Waals surface area (Å²) >= 11 is 0. The molecule has 156 valence electrons. The Morgan fingerprint density at radius 1 is 1.30 bits per heavy atom. The molecular formula is C21H41N5O. The molecule has 27 heavy (non-hydrogen) atoms. The highest BCUT2D eigenvalue weighted by Crippen LogP contribution is 2.54. The predicted molar refractivity (Wildman–Crippen MR) is 110 cm³/mol. The number of nitrogens with one attached hydrogen (secondary N) is 1. The molecule has 0 aromatic heterocycles. The maximum absolute atomic E-state index is 11.8. The largest absolute Gasteiger partial charge is 0.350 e. The van der Waals surface area contributed by atoms with Crippen molar-refractivity contribution in [2.45, 2.75) is 84.0 Å². The number of nitrogens with zero attached hydrogens (tertiary/aromatic N) is 2. The number of carbonyl (C=O) groups is 1. The highest BCUT2D eigenvalue weighted by Gasteiger charge is 2.57. The molecule has 5 N–H and O–H groups in total. The summed E-state index contributed by atoms with van der Waals surface area (Å²) in [7, 11) is 0. The van der Waals surface area contributed by atoms with Crippen LogP contribution in [0.4, 0.5) is 0 Å². The molecule has 0 radical (unpaired) electrons. The minimum atomic E-state index is -0.0220. The van der Waals surface area contributed by atoms with Crippen molar-refractivity contribution in [1.82, 2.24) is 15.1 Å². The first kappa shape index (κ1) is 21.0. The number of likely N-dealkylation sites (tertiary alicyclic amines) is 2. The lowest BCUT2D eigenvalue weighted by Gasteiger charge is -2.47. The van der Waals surface area contributed by atoms with Crippen LogP contribution >= 0.6 is 0 Å². The summed E-state index contributed by atoms with van der Waals surface area (Å²) in [6.07, 6.45) is 4.66. The third-order valence-electron chi connectivity index (χ3n) is 7.68. The van der Waals surface area contributed by atoms with Crippen LogP contribution in [0.5, 0.6) is 0 Å². The van der Waals surface area contributed by atoms with Crippen molar-refractivity contribution in [2.24, 2.45) is 22.3 Å². The van der Waals surface area contributed by atoms with Crippen LogP contribution in [-0.4, -0.2) is 72.1 Å². The van der Waals surface area contributed by atoms with Crippen molar-refractivity contribution in [3.63, 3.8) is 0 Å². The van der Waals surface area contributed by atoms with Gasteiger partial charge < -0.3 is 16.8 Å². The molecule has 0 bridgehead atoms. The Morgan fingerprint density at radius 2 is 1.96 bits per heavy atom. The van der Waals surface area contributed by atoms with Gasteiger partial charge in [0.1, 0.15) is 0 Å². The van der Waals surface area contributed by atoms with Crippen molar-refractivity contribution >= 4 is 5.91 Å². The van der Waals surface area contributed by atoms with Crippen molar-refractivity contribution in [3.05, 3.63) is 0 Å². The zero-order valence-corrected chi connectivity index (χ0v) is 18.1. The Labute approximate surface area is 165 Å². The molecule has 2 saturated heterocycles. The van der Waals surface area contributed by atoms with Crippen LogP contribution in [0.2, 0.25) is 0 Å². The Balaban J connectivity index is 1.60. The maximum atomic E-state index is 11.8. The van der Waals surface area contributed by atoms with Crippen LogP contribution in [0, 0.1) is 10.8 Å². The molecule has 0 aromatic rings. The van der Waals surface area contributed by atoms with E-state index in [0.29, 0.717) is 17.5 Å². The zero-order valence-electron chi connectivity index (χ0n) is 18.1. The van der Waals surface area contributed by atoms with Crippen molar-refractivity contribution in [2.75, 3.05) is 32.7 Å². The molecule has 1 aliphatic carbocycles. The first-order valence-electron chi connectivity index (χ1n) is 10.7. The second kappa shape index (κ2) is 7.29. The van der Waals surface area contributed by atoms with Gasteiger partial charge in [-0.2, -0.15) is 0 Å². The molecule has 6 nitrogen and oxygen atoms in total. The molecule has 2 unspecified atom stereocenters. The van der Waals surface area contributed by atoms with Crippen LogP contribution in [0.25, 0.3) is 0 Å². The van der Waals surface area contributed by atoms with Gasteiger partial charge in [0, 0.05) is 48.7 Å². The third-order valence-corrected chi connectivity index (χ3v) is 7.68. The molecular weight excluding hydrogens is 338 g/mol. The SMILES string of the molecule is CC(CC(C)(C)N1C[C@H](NC(=O)CN)C2(CC2)C1)N1CCC(N)C(C)(C)C1. The average Bonchev–Trinajstić information content (AvgIpc) is 3.26. The Morgan fingerprint density at radius 3 is 2.52 bits per heavy atom. The fourth-order valence-corrected chi connectivity index (χ4v) is 5.32. The Kier molecular flexibility index (Phi) is 5.67. The molecule has 0 aromatic carbocycles. The molecule has 3 atom stereocenters. The van der Waals surface area contributed by atoms with Gasteiger partial charge in [0.15, 0.2) is 0 Å². The lowest BCUT2D eigenvalue weighted by atomic mass is 9.78. The van der Waals surface area contributed by atoms with E-state index in [9.17, 15) is 4.79 Å². The monoisotopic (exact) mass is 379 g/mol. The minimum absolute atomic E-state index is 0.0220. The van der Waals surface area contributed by atoms with Crippen LogP contribution in [-0.2, 0) is 4.79 Å². The van der Waals surface area contributed by atoms with Crippen LogP contribution in [0.15, 0.2) is 0 Å². The molecule has 3 rings (SSSR count). The fraction of sp³-hybridized carbons (Fsp3) is 0.952. The molecule has 1 spiro atoms. The molecule has 3 fully saturated rings. The van der Waals surface area contributed by atoms with E-state index in [1.807, 2.05) is 0 Å². The number of hydrogen-bond donors (Lipinski definition) is 3.